The third-order valence-corrected chi connectivity index (χ3v) is 2.66. The maximum atomic E-state index is 13.1. The van der Waals surface area contributed by atoms with Crippen LogP contribution in [0.4, 0.5) is 4.39 Å². The van der Waals surface area contributed by atoms with Crippen LogP contribution in [0, 0.1) is 5.95 Å². The van der Waals surface area contributed by atoms with Crippen LogP contribution in [0.15, 0.2) is 42.6 Å². The van der Waals surface area contributed by atoms with E-state index in [9.17, 15) is 9.50 Å². The quantitative estimate of drug-likeness (QED) is 0.815. The maximum Gasteiger partial charge on any atom is 0.232 e. The molecule has 0 spiro atoms. The third-order valence-electron chi connectivity index (χ3n) is 2.29. The molecule has 82 valence electrons. The molecule has 4 heteroatoms. The lowest BCUT2D eigenvalue weighted by molar-refractivity contribution is 0.219. The molecule has 1 unspecified atom stereocenters. The van der Waals surface area contributed by atoms with Crippen molar-refractivity contribution in [2.75, 3.05) is 0 Å². The zero-order valence-electron chi connectivity index (χ0n) is 8.27. The fraction of sp³-hybridized carbons (Fsp3) is 0.0833. The highest BCUT2D eigenvalue weighted by Crippen LogP contribution is 2.28. The fourth-order valence-corrected chi connectivity index (χ4v) is 1.67. The van der Waals surface area contributed by atoms with Gasteiger partial charge in [0.1, 0.15) is 11.1 Å². The smallest absolute Gasteiger partial charge is 0.232 e. The fourth-order valence-electron chi connectivity index (χ4n) is 1.46. The van der Waals surface area contributed by atoms with Gasteiger partial charge in [0, 0.05) is 11.8 Å². The molecule has 1 aromatic heterocycles. The van der Waals surface area contributed by atoms with Gasteiger partial charge in [-0.15, -0.1) is 0 Å². The van der Waals surface area contributed by atoms with Gasteiger partial charge >= 0.3 is 0 Å². The number of aromatic nitrogens is 1. The van der Waals surface area contributed by atoms with Crippen molar-refractivity contribution in [1.29, 1.82) is 0 Å². The van der Waals surface area contributed by atoms with Crippen molar-refractivity contribution in [3.05, 3.63) is 64.7 Å². The molecule has 0 saturated heterocycles. The lowest BCUT2D eigenvalue weighted by atomic mass is 10.0. The van der Waals surface area contributed by atoms with Crippen LogP contribution in [-0.2, 0) is 0 Å². The van der Waals surface area contributed by atoms with Crippen LogP contribution < -0.4 is 0 Å². The van der Waals surface area contributed by atoms with Crippen LogP contribution in [0.3, 0.4) is 0 Å². The molecule has 2 rings (SSSR count). The molecule has 0 saturated carbocycles. The Morgan fingerprint density at radius 3 is 2.56 bits per heavy atom. The summed E-state index contributed by atoms with van der Waals surface area (Å²) >= 11 is 5.74. The van der Waals surface area contributed by atoms with Crippen molar-refractivity contribution in [2.24, 2.45) is 0 Å². The number of halogens is 2. The number of aliphatic hydroxyl groups excluding tert-OH is 1. The molecule has 0 amide bonds. The van der Waals surface area contributed by atoms with E-state index in [0.29, 0.717) is 11.1 Å². The van der Waals surface area contributed by atoms with Crippen molar-refractivity contribution >= 4 is 11.6 Å². The Hall–Kier alpha value is -1.45. The lowest BCUT2D eigenvalue weighted by Gasteiger charge is -2.12. The van der Waals surface area contributed by atoms with Crippen LogP contribution in [0.1, 0.15) is 17.2 Å². The predicted molar refractivity (Wildman–Crippen MR) is 59.7 cm³/mol. The second-order valence-corrected chi connectivity index (χ2v) is 3.70. The number of hydrogen-bond donors (Lipinski definition) is 1. The zero-order chi connectivity index (χ0) is 11.5. The molecule has 0 bridgehead atoms. The molecular weight excluding hydrogens is 229 g/mol. The molecule has 0 aliphatic rings. The summed E-state index contributed by atoms with van der Waals surface area (Å²) in [5.74, 6) is -0.769. The van der Waals surface area contributed by atoms with Crippen molar-refractivity contribution in [2.45, 2.75) is 6.10 Å². The van der Waals surface area contributed by atoms with Crippen molar-refractivity contribution in [3.63, 3.8) is 0 Å². The van der Waals surface area contributed by atoms with Crippen LogP contribution in [0.5, 0.6) is 0 Å². The minimum Gasteiger partial charge on any atom is -0.384 e. The molecule has 1 N–H and O–H groups in total. The van der Waals surface area contributed by atoms with Gasteiger partial charge in [0.25, 0.3) is 0 Å². The third kappa shape index (κ3) is 2.05. The minimum absolute atomic E-state index is 0.140. The number of aliphatic hydroxyl groups is 1. The second kappa shape index (κ2) is 4.60. The zero-order valence-corrected chi connectivity index (χ0v) is 9.03. The average Bonchev–Trinajstić information content (AvgIpc) is 2.33. The molecule has 2 aromatic rings. The van der Waals surface area contributed by atoms with E-state index in [2.05, 4.69) is 4.98 Å². The van der Waals surface area contributed by atoms with E-state index in [1.54, 1.807) is 24.3 Å². The summed E-state index contributed by atoms with van der Waals surface area (Å²) in [7, 11) is 0. The Bertz CT molecular complexity index is 490. The van der Waals surface area contributed by atoms with Crippen molar-refractivity contribution in [1.82, 2.24) is 4.98 Å². The Morgan fingerprint density at radius 2 is 1.88 bits per heavy atom. The highest BCUT2D eigenvalue weighted by molar-refractivity contribution is 6.31. The first kappa shape index (κ1) is 11.0. The van der Waals surface area contributed by atoms with E-state index < -0.39 is 12.1 Å². The lowest BCUT2D eigenvalue weighted by Crippen LogP contribution is -2.02. The summed E-state index contributed by atoms with van der Waals surface area (Å²) in [5.41, 5.74) is 0.982. The Morgan fingerprint density at radius 1 is 1.19 bits per heavy atom. The first-order valence-electron chi connectivity index (χ1n) is 4.73. The number of nitrogens with zero attached hydrogens (tertiary/aromatic N) is 1. The summed E-state index contributed by atoms with van der Waals surface area (Å²) in [6.07, 6.45) is 0.342. The summed E-state index contributed by atoms with van der Waals surface area (Å²) in [6, 6.07) is 10.4. The maximum absolute atomic E-state index is 13.1. The van der Waals surface area contributed by atoms with Crippen molar-refractivity contribution in [3.8, 4) is 0 Å². The normalized spacial score (nSPS) is 12.4. The molecule has 0 radical (unpaired) electrons. The summed E-state index contributed by atoms with van der Waals surface area (Å²) < 4.78 is 13.1. The van der Waals surface area contributed by atoms with E-state index in [1.807, 2.05) is 6.07 Å². The van der Waals surface area contributed by atoms with E-state index >= 15 is 0 Å². The van der Waals surface area contributed by atoms with Gasteiger partial charge in [-0.3, -0.25) is 0 Å². The van der Waals surface area contributed by atoms with Crippen LogP contribution in [-0.4, -0.2) is 10.1 Å². The van der Waals surface area contributed by atoms with Gasteiger partial charge in [0.15, 0.2) is 0 Å². The summed E-state index contributed by atoms with van der Waals surface area (Å²) in [4.78, 5) is 3.41. The number of pyridine rings is 1. The minimum atomic E-state index is -0.939. The Kier molecular flexibility index (Phi) is 3.17. The monoisotopic (exact) mass is 237 g/mol. The molecule has 1 atom stereocenters. The van der Waals surface area contributed by atoms with Crippen LogP contribution in [0.25, 0.3) is 0 Å². The highest BCUT2D eigenvalue weighted by Gasteiger charge is 2.16. The van der Waals surface area contributed by atoms with E-state index in [1.165, 1.54) is 12.3 Å². The molecular formula is C12H9ClFNO. The summed E-state index contributed by atoms with van der Waals surface area (Å²) in [6.45, 7) is 0. The molecule has 16 heavy (non-hydrogen) atoms. The number of rotatable bonds is 2. The highest BCUT2D eigenvalue weighted by atomic mass is 35.5. The van der Waals surface area contributed by atoms with Gasteiger partial charge in [-0.05, 0) is 11.6 Å². The summed E-state index contributed by atoms with van der Waals surface area (Å²) in [5, 5.41) is 9.88. The molecule has 2 nitrogen and oxygen atoms in total. The average molecular weight is 238 g/mol. The standard InChI is InChI=1S/C12H9ClFNO/c13-10-9(6-7-15-12(10)14)11(16)8-4-2-1-3-5-8/h1-7,11,16H. The molecule has 1 aromatic carbocycles. The van der Waals surface area contributed by atoms with Crippen LogP contribution >= 0.6 is 11.6 Å². The van der Waals surface area contributed by atoms with E-state index in [0.717, 1.165) is 0 Å². The topological polar surface area (TPSA) is 33.1 Å². The van der Waals surface area contributed by atoms with E-state index in [4.69, 9.17) is 11.6 Å². The number of benzene rings is 1. The van der Waals surface area contributed by atoms with Gasteiger partial charge in [0.2, 0.25) is 5.95 Å². The Balaban J connectivity index is 2.42. The largest absolute Gasteiger partial charge is 0.384 e. The van der Waals surface area contributed by atoms with Gasteiger partial charge < -0.3 is 5.11 Å². The molecule has 0 aliphatic carbocycles. The number of hydrogen-bond acceptors (Lipinski definition) is 2. The first-order valence-corrected chi connectivity index (χ1v) is 5.11. The van der Waals surface area contributed by atoms with Gasteiger partial charge in [-0.25, -0.2) is 4.98 Å². The van der Waals surface area contributed by atoms with Gasteiger partial charge in [0.05, 0.1) is 0 Å². The van der Waals surface area contributed by atoms with E-state index in [-0.39, 0.29) is 5.02 Å². The SMILES string of the molecule is OC(c1ccccc1)c1ccnc(F)c1Cl. The Labute approximate surface area is 97.3 Å². The van der Waals surface area contributed by atoms with Gasteiger partial charge in [-0.2, -0.15) is 4.39 Å². The van der Waals surface area contributed by atoms with Gasteiger partial charge in [-0.1, -0.05) is 41.9 Å². The first-order chi connectivity index (χ1) is 7.70. The second-order valence-electron chi connectivity index (χ2n) is 3.32. The molecule has 0 fully saturated rings. The predicted octanol–water partition coefficient (Wildman–Crippen LogP) is 2.96. The van der Waals surface area contributed by atoms with Crippen LogP contribution in [0.2, 0.25) is 5.02 Å². The molecule has 1 heterocycles. The molecule has 0 aliphatic heterocycles. The van der Waals surface area contributed by atoms with Crippen molar-refractivity contribution < 1.29 is 9.50 Å².